The van der Waals surface area contributed by atoms with Gasteiger partial charge < -0.3 is 5.73 Å². The van der Waals surface area contributed by atoms with Crippen LogP contribution in [0.2, 0.25) is 5.02 Å². The van der Waals surface area contributed by atoms with Crippen molar-refractivity contribution in [1.82, 2.24) is 0 Å². The predicted molar refractivity (Wildman–Crippen MR) is 60.3 cm³/mol. The molecule has 0 radical (unpaired) electrons. The van der Waals surface area contributed by atoms with Crippen LogP contribution in [-0.4, -0.2) is 0 Å². The van der Waals surface area contributed by atoms with Crippen molar-refractivity contribution < 1.29 is 4.39 Å². The second kappa shape index (κ2) is 4.50. The number of rotatable bonds is 3. The van der Waals surface area contributed by atoms with Gasteiger partial charge in [-0.25, -0.2) is 4.39 Å². The predicted octanol–water partition coefficient (Wildman–Crippen LogP) is 3.67. The number of benzene rings is 1. The van der Waals surface area contributed by atoms with E-state index in [1.807, 2.05) is 0 Å². The summed E-state index contributed by atoms with van der Waals surface area (Å²) in [6, 6.07) is 4.26. The first-order valence-electron chi connectivity index (χ1n) is 5.37. The normalized spacial score (nSPS) is 18.6. The molecule has 1 fully saturated rings. The monoisotopic (exact) mass is 227 g/mol. The Labute approximate surface area is 94.4 Å². The van der Waals surface area contributed by atoms with Gasteiger partial charge in [-0.05, 0) is 36.1 Å². The molecule has 1 nitrogen and oxygen atoms in total. The molecule has 2 N–H and O–H groups in total. The fourth-order valence-electron chi connectivity index (χ4n) is 2.01. The smallest absolute Gasteiger partial charge is 0.123 e. The van der Waals surface area contributed by atoms with E-state index >= 15 is 0 Å². The molecule has 1 aliphatic rings. The highest BCUT2D eigenvalue weighted by molar-refractivity contribution is 6.31. The average Bonchev–Trinajstić information content (AvgIpc) is 2.15. The Balaban J connectivity index is 2.09. The van der Waals surface area contributed by atoms with Crippen molar-refractivity contribution in [1.29, 1.82) is 0 Å². The molecule has 0 spiro atoms. The Morgan fingerprint density at radius 1 is 1.47 bits per heavy atom. The first-order chi connectivity index (χ1) is 7.16. The van der Waals surface area contributed by atoms with Crippen LogP contribution in [-0.2, 0) is 0 Å². The zero-order chi connectivity index (χ0) is 10.8. The van der Waals surface area contributed by atoms with Gasteiger partial charge in [-0.3, -0.25) is 0 Å². The quantitative estimate of drug-likeness (QED) is 0.838. The zero-order valence-corrected chi connectivity index (χ0v) is 9.30. The molecule has 1 saturated carbocycles. The minimum absolute atomic E-state index is 0.126. The van der Waals surface area contributed by atoms with Crippen molar-refractivity contribution in [2.45, 2.75) is 31.7 Å². The average molecular weight is 228 g/mol. The number of hydrogen-bond donors (Lipinski definition) is 1. The van der Waals surface area contributed by atoms with Crippen LogP contribution < -0.4 is 5.73 Å². The van der Waals surface area contributed by atoms with Crippen LogP contribution in [0.3, 0.4) is 0 Å². The van der Waals surface area contributed by atoms with Crippen LogP contribution in [0.15, 0.2) is 18.2 Å². The molecule has 1 aromatic carbocycles. The van der Waals surface area contributed by atoms with E-state index in [-0.39, 0.29) is 11.9 Å². The van der Waals surface area contributed by atoms with Crippen LogP contribution in [0, 0.1) is 11.7 Å². The van der Waals surface area contributed by atoms with Crippen molar-refractivity contribution in [2.24, 2.45) is 11.7 Å². The molecule has 0 aliphatic heterocycles. The van der Waals surface area contributed by atoms with Gasteiger partial charge in [-0.15, -0.1) is 0 Å². The Morgan fingerprint density at radius 3 is 2.80 bits per heavy atom. The molecule has 15 heavy (non-hydrogen) atoms. The van der Waals surface area contributed by atoms with Gasteiger partial charge in [0.25, 0.3) is 0 Å². The Hall–Kier alpha value is -0.600. The molecule has 82 valence electrons. The van der Waals surface area contributed by atoms with Gasteiger partial charge in [0.2, 0.25) is 0 Å². The summed E-state index contributed by atoms with van der Waals surface area (Å²) in [4.78, 5) is 0. The standard InChI is InChI=1S/C12H15ClFN/c13-11-5-4-9(14)7-10(11)12(15)6-8-2-1-3-8/h4-5,7-8,12H,1-3,6,15H2. The Kier molecular flexibility index (Phi) is 3.27. The van der Waals surface area contributed by atoms with Crippen LogP contribution in [0.5, 0.6) is 0 Å². The van der Waals surface area contributed by atoms with Crippen molar-refractivity contribution in [3.05, 3.63) is 34.6 Å². The summed E-state index contributed by atoms with van der Waals surface area (Å²) >= 11 is 5.99. The van der Waals surface area contributed by atoms with E-state index in [1.54, 1.807) is 6.07 Å². The number of nitrogens with two attached hydrogens (primary N) is 1. The van der Waals surface area contributed by atoms with Gasteiger partial charge in [0.05, 0.1) is 0 Å². The molecule has 2 rings (SSSR count). The SMILES string of the molecule is NC(CC1CCC1)c1cc(F)ccc1Cl. The van der Waals surface area contributed by atoms with E-state index in [1.165, 1.54) is 31.4 Å². The maximum absolute atomic E-state index is 13.0. The fraction of sp³-hybridized carbons (Fsp3) is 0.500. The summed E-state index contributed by atoms with van der Waals surface area (Å²) in [7, 11) is 0. The highest BCUT2D eigenvalue weighted by Crippen LogP contribution is 2.35. The lowest BCUT2D eigenvalue weighted by molar-refractivity contribution is 0.277. The second-order valence-corrected chi connectivity index (χ2v) is 4.71. The molecular formula is C12H15ClFN. The minimum Gasteiger partial charge on any atom is -0.324 e. The lowest BCUT2D eigenvalue weighted by Crippen LogP contribution is -2.20. The third-order valence-corrected chi connectivity index (χ3v) is 3.51. The van der Waals surface area contributed by atoms with Gasteiger partial charge in [0.15, 0.2) is 0 Å². The molecule has 0 heterocycles. The molecule has 1 atom stereocenters. The zero-order valence-electron chi connectivity index (χ0n) is 8.55. The van der Waals surface area contributed by atoms with Crippen LogP contribution in [0.25, 0.3) is 0 Å². The van der Waals surface area contributed by atoms with Gasteiger partial charge in [0.1, 0.15) is 5.82 Å². The maximum Gasteiger partial charge on any atom is 0.123 e. The summed E-state index contributed by atoms with van der Waals surface area (Å²) in [6.45, 7) is 0. The Morgan fingerprint density at radius 2 is 2.20 bits per heavy atom. The molecule has 1 unspecified atom stereocenters. The number of halogens is 2. The van der Waals surface area contributed by atoms with Crippen LogP contribution >= 0.6 is 11.6 Å². The van der Waals surface area contributed by atoms with Crippen molar-refractivity contribution in [2.75, 3.05) is 0 Å². The highest BCUT2D eigenvalue weighted by atomic mass is 35.5. The van der Waals surface area contributed by atoms with E-state index in [4.69, 9.17) is 17.3 Å². The van der Waals surface area contributed by atoms with E-state index in [2.05, 4.69) is 0 Å². The molecule has 0 saturated heterocycles. The first-order valence-corrected chi connectivity index (χ1v) is 5.75. The highest BCUT2D eigenvalue weighted by Gasteiger charge is 2.22. The van der Waals surface area contributed by atoms with E-state index in [9.17, 15) is 4.39 Å². The second-order valence-electron chi connectivity index (χ2n) is 4.30. The summed E-state index contributed by atoms with van der Waals surface area (Å²) in [6.07, 6.45) is 4.72. The van der Waals surface area contributed by atoms with Crippen molar-refractivity contribution in [3.63, 3.8) is 0 Å². The lowest BCUT2D eigenvalue weighted by Gasteiger charge is -2.28. The summed E-state index contributed by atoms with van der Waals surface area (Å²) in [5.41, 5.74) is 6.76. The largest absolute Gasteiger partial charge is 0.324 e. The molecular weight excluding hydrogens is 213 g/mol. The third kappa shape index (κ3) is 2.50. The van der Waals surface area contributed by atoms with Gasteiger partial charge in [0, 0.05) is 11.1 Å². The van der Waals surface area contributed by atoms with Gasteiger partial charge in [-0.2, -0.15) is 0 Å². The first kappa shape index (κ1) is 10.9. The van der Waals surface area contributed by atoms with Crippen molar-refractivity contribution >= 4 is 11.6 Å². The molecule has 0 bridgehead atoms. The minimum atomic E-state index is -0.265. The topological polar surface area (TPSA) is 26.0 Å². The molecule has 1 aliphatic carbocycles. The lowest BCUT2D eigenvalue weighted by atomic mass is 9.80. The fourth-order valence-corrected chi connectivity index (χ4v) is 2.27. The van der Waals surface area contributed by atoms with Gasteiger partial charge >= 0.3 is 0 Å². The van der Waals surface area contributed by atoms with Gasteiger partial charge in [-0.1, -0.05) is 30.9 Å². The molecule has 3 heteroatoms. The Bertz CT molecular complexity index is 349. The molecule has 0 aromatic heterocycles. The summed E-state index contributed by atoms with van der Waals surface area (Å²) in [5.74, 6) is 0.442. The van der Waals surface area contributed by atoms with Crippen molar-refractivity contribution in [3.8, 4) is 0 Å². The van der Waals surface area contributed by atoms with Crippen LogP contribution in [0.4, 0.5) is 4.39 Å². The molecule has 0 amide bonds. The summed E-state index contributed by atoms with van der Waals surface area (Å²) in [5, 5.41) is 0.572. The van der Waals surface area contributed by atoms with E-state index in [0.29, 0.717) is 10.9 Å². The van der Waals surface area contributed by atoms with E-state index < -0.39 is 0 Å². The number of hydrogen-bond acceptors (Lipinski definition) is 1. The maximum atomic E-state index is 13.0. The van der Waals surface area contributed by atoms with E-state index in [0.717, 1.165) is 12.0 Å². The van der Waals surface area contributed by atoms with Crippen LogP contribution in [0.1, 0.15) is 37.3 Å². The summed E-state index contributed by atoms with van der Waals surface area (Å²) < 4.78 is 13.0. The molecule has 1 aromatic rings. The third-order valence-electron chi connectivity index (χ3n) is 3.17.